The molecule has 1 rings (SSSR count). The SMILES string of the molecule is O=C(O)CN(CC(=O)O)S(=O)(=O)c1c(Cl)cc(Br)cc1Cl. The normalized spacial score (nSPS) is 11.6. The van der Waals surface area contributed by atoms with Crippen LogP contribution >= 0.6 is 39.1 Å². The first-order valence-electron chi connectivity index (χ1n) is 5.14. The Morgan fingerprint density at radius 2 is 1.48 bits per heavy atom. The molecule has 0 amide bonds. The van der Waals surface area contributed by atoms with Crippen LogP contribution in [0, 0.1) is 0 Å². The van der Waals surface area contributed by atoms with Crippen LogP contribution in [-0.4, -0.2) is 48.0 Å². The molecular formula is C10H8BrCl2NO6S. The third kappa shape index (κ3) is 4.55. The second-order valence-corrected chi connectivity index (χ2v) is 7.36. The lowest BCUT2D eigenvalue weighted by molar-refractivity contribution is -0.139. The maximum absolute atomic E-state index is 12.4. The second kappa shape index (κ2) is 6.93. The third-order valence-electron chi connectivity index (χ3n) is 2.18. The topological polar surface area (TPSA) is 112 Å². The molecule has 0 fully saturated rings. The number of halogens is 3. The summed E-state index contributed by atoms with van der Waals surface area (Å²) >= 11 is 14.7. The molecule has 0 radical (unpaired) electrons. The number of carboxylic acid groups (broad SMARTS) is 2. The van der Waals surface area contributed by atoms with Gasteiger partial charge in [0.1, 0.15) is 18.0 Å². The minimum atomic E-state index is -4.48. The highest BCUT2D eigenvalue weighted by atomic mass is 79.9. The van der Waals surface area contributed by atoms with E-state index in [2.05, 4.69) is 15.9 Å². The molecule has 0 saturated heterocycles. The average Bonchev–Trinajstić information content (AvgIpc) is 2.24. The zero-order valence-corrected chi connectivity index (χ0v) is 14.0. The molecule has 0 aliphatic rings. The Morgan fingerprint density at radius 3 is 1.81 bits per heavy atom. The summed E-state index contributed by atoms with van der Waals surface area (Å²) in [6.45, 7) is -2.06. The van der Waals surface area contributed by atoms with Crippen molar-refractivity contribution in [2.45, 2.75) is 4.90 Å². The molecule has 0 spiro atoms. The van der Waals surface area contributed by atoms with E-state index in [0.717, 1.165) is 0 Å². The van der Waals surface area contributed by atoms with Gasteiger partial charge in [-0.1, -0.05) is 39.1 Å². The van der Waals surface area contributed by atoms with Crippen LogP contribution in [-0.2, 0) is 19.6 Å². The molecule has 0 aromatic heterocycles. The summed E-state index contributed by atoms with van der Waals surface area (Å²) in [5.41, 5.74) is 0. The van der Waals surface area contributed by atoms with Gasteiger partial charge in [0.05, 0.1) is 10.0 Å². The predicted octanol–water partition coefficient (Wildman–Crippen LogP) is 1.92. The largest absolute Gasteiger partial charge is 0.480 e. The van der Waals surface area contributed by atoms with Crippen molar-refractivity contribution >= 4 is 61.1 Å². The van der Waals surface area contributed by atoms with Gasteiger partial charge in [0.2, 0.25) is 10.0 Å². The number of carbonyl (C=O) groups is 2. The van der Waals surface area contributed by atoms with E-state index in [1.165, 1.54) is 12.1 Å². The lowest BCUT2D eigenvalue weighted by atomic mass is 10.4. The highest BCUT2D eigenvalue weighted by Gasteiger charge is 2.32. The van der Waals surface area contributed by atoms with Gasteiger partial charge in [-0.3, -0.25) is 9.59 Å². The van der Waals surface area contributed by atoms with Crippen molar-refractivity contribution in [1.29, 1.82) is 0 Å². The molecule has 2 N–H and O–H groups in total. The Hall–Kier alpha value is -0.870. The highest BCUT2D eigenvalue weighted by molar-refractivity contribution is 9.10. The quantitative estimate of drug-likeness (QED) is 0.726. The summed E-state index contributed by atoms with van der Waals surface area (Å²) in [4.78, 5) is 20.9. The Kier molecular flexibility index (Phi) is 6.00. The summed E-state index contributed by atoms with van der Waals surface area (Å²) < 4.78 is 25.4. The lowest BCUT2D eigenvalue weighted by Crippen LogP contribution is -2.39. The van der Waals surface area contributed by atoms with E-state index < -0.39 is 39.9 Å². The van der Waals surface area contributed by atoms with Crippen molar-refractivity contribution in [3.8, 4) is 0 Å². The van der Waals surface area contributed by atoms with E-state index in [4.69, 9.17) is 33.4 Å². The Morgan fingerprint density at radius 1 is 1.10 bits per heavy atom. The predicted molar refractivity (Wildman–Crippen MR) is 78.2 cm³/mol. The number of sulfonamides is 1. The molecular weight excluding hydrogens is 413 g/mol. The fourth-order valence-corrected chi connectivity index (χ4v) is 4.66. The summed E-state index contributed by atoms with van der Waals surface area (Å²) in [6, 6.07) is 2.50. The minimum Gasteiger partial charge on any atom is -0.480 e. The molecule has 116 valence electrons. The maximum atomic E-state index is 12.4. The number of nitrogens with zero attached hydrogens (tertiary/aromatic N) is 1. The fraction of sp³-hybridized carbons (Fsp3) is 0.200. The number of benzene rings is 1. The minimum absolute atomic E-state index is 0.254. The van der Waals surface area contributed by atoms with Crippen LogP contribution in [0.5, 0.6) is 0 Å². The van der Waals surface area contributed by atoms with Gasteiger partial charge in [0.25, 0.3) is 0 Å². The van der Waals surface area contributed by atoms with Gasteiger partial charge in [-0.25, -0.2) is 8.42 Å². The Labute approximate surface area is 138 Å². The molecule has 11 heteroatoms. The molecule has 0 saturated carbocycles. The molecule has 0 bridgehead atoms. The van der Waals surface area contributed by atoms with E-state index in [0.29, 0.717) is 4.47 Å². The Balaban J connectivity index is 3.42. The van der Waals surface area contributed by atoms with Crippen molar-refractivity contribution in [2.24, 2.45) is 0 Å². The van der Waals surface area contributed by atoms with Crippen molar-refractivity contribution in [3.63, 3.8) is 0 Å². The summed E-state index contributed by atoms with van der Waals surface area (Å²) in [7, 11) is -4.48. The van der Waals surface area contributed by atoms with Crippen LogP contribution < -0.4 is 0 Å². The molecule has 0 aliphatic heterocycles. The van der Waals surface area contributed by atoms with E-state index in [9.17, 15) is 18.0 Å². The first-order valence-corrected chi connectivity index (χ1v) is 8.13. The number of aliphatic carboxylic acids is 2. The first-order chi connectivity index (χ1) is 9.55. The van der Waals surface area contributed by atoms with Crippen LogP contribution in [0.2, 0.25) is 10.0 Å². The second-order valence-electron chi connectivity index (χ2n) is 3.76. The van der Waals surface area contributed by atoms with Gasteiger partial charge >= 0.3 is 11.9 Å². The summed E-state index contributed by atoms with van der Waals surface area (Å²) in [6.07, 6.45) is 0. The summed E-state index contributed by atoms with van der Waals surface area (Å²) in [5, 5.41) is 16.9. The van der Waals surface area contributed by atoms with Gasteiger partial charge in [-0.15, -0.1) is 0 Å². The van der Waals surface area contributed by atoms with Gasteiger partial charge in [0.15, 0.2) is 0 Å². The van der Waals surface area contributed by atoms with Crippen LogP contribution in [0.25, 0.3) is 0 Å². The zero-order valence-electron chi connectivity index (χ0n) is 10.1. The van der Waals surface area contributed by atoms with Gasteiger partial charge in [-0.05, 0) is 12.1 Å². The molecule has 1 aromatic carbocycles. The van der Waals surface area contributed by atoms with E-state index in [1.807, 2.05) is 0 Å². The number of hydrogen-bond acceptors (Lipinski definition) is 4. The average molecular weight is 421 g/mol. The van der Waals surface area contributed by atoms with Crippen LogP contribution in [0.15, 0.2) is 21.5 Å². The fourth-order valence-electron chi connectivity index (χ4n) is 1.43. The van der Waals surface area contributed by atoms with Crippen LogP contribution in [0.4, 0.5) is 0 Å². The number of carboxylic acids is 2. The van der Waals surface area contributed by atoms with Gasteiger partial charge < -0.3 is 10.2 Å². The monoisotopic (exact) mass is 419 g/mol. The molecule has 1 aromatic rings. The molecule has 0 aliphatic carbocycles. The van der Waals surface area contributed by atoms with Crippen molar-refractivity contribution in [3.05, 3.63) is 26.7 Å². The molecule has 0 unspecified atom stereocenters. The van der Waals surface area contributed by atoms with Crippen molar-refractivity contribution < 1.29 is 28.2 Å². The molecule has 0 heterocycles. The lowest BCUT2D eigenvalue weighted by Gasteiger charge is -2.20. The molecule has 7 nitrogen and oxygen atoms in total. The standard InChI is InChI=1S/C10H8BrCl2NO6S/c11-5-1-6(12)10(7(13)2-5)21(19,20)14(3-8(15)16)4-9(17)18/h1-2H,3-4H2,(H,15,16)(H,17,18). The third-order valence-corrected chi connectivity index (χ3v) is 5.36. The maximum Gasteiger partial charge on any atom is 0.318 e. The van der Waals surface area contributed by atoms with E-state index in [-0.39, 0.29) is 14.4 Å². The van der Waals surface area contributed by atoms with E-state index >= 15 is 0 Å². The molecule has 21 heavy (non-hydrogen) atoms. The smallest absolute Gasteiger partial charge is 0.318 e. The van der Waals surface area contributed by atoms with Gasteiger partial charge in [0, 0.05) is 4.47 Å². The van der Waals surface area contributed by atoms with Crippen molar-refractivity contribution in [1.82, 2.24) is 4.31 Å². The van der Waals surface area contributed by atoms with Crippen molar-refractivity contribution in [2.75, 3.05) is 13.1 Å². The van der Waals surface area contributed by atoms with Gasteiger partial charge in [-0.2, -0.15) is 4.31 Å². The van der Waals surface area contributed by atoms with E-state index in [1.54, 1.807) is 0 Å². The number of hydrogen-bond donors (Lipinski definition) is 2. The van der Waals surface area contributed by atoms with Crippen LogP contribution in [0.3, 0.4) is 0 Å². The first kappa shape index (κ1) is 18.2. The molecule has 0 atom stereocenters. The van der Waals surface area contributed by atoms with Crippen LogP contribution in [0.1, 0.15) is 0 Å². The summed E-state index contributed by atoms with van der Waals surface area (Å²) in [5.74, 6) is -3.02. The highest BCUT2D eigenvalue weighted by Crippen LogP contribution is 2.34. The Bertz CT molecular complexity index is 654. The number of rotatable bonds is 6. The zero-order chi connectivity index (χ0) is 16.4.